The third kappa shape index (κ3) is 19.5. The fourth-order valence-corrected chi connectivity index (χ4v) is 36.0. The van der Waals surface area contributed by atoms with E-state index in [1.807, 2.05) is 91.3 Å². The van der Waals surface area contributed by atoms with Crippen LogP contribution in [-0.4, -0.2) is 52.2 Å². The number of pyridine rings is 4. The molecule has 0 bridgehead atoms. The Bertz CT molecular complexity index is 5570. The quantitative estimate of drug-likeness (QED) is 0.0769. The first kappa shape index (κ1) is 97.3. The Morgan fingerprint density at radius 1 is 0.270 bits per heavy atom. The topological polar surface area (TPSA) is 77.5 Å². The third-order valence-corrected chi connectivity index (χ3v) is 41.3. The normalized spacial score (nSPS) is 13.6. The van der Waals surface area contributed by atoms with Gasteiger partial charge in [-0.2, -0.15) is 121 Å². The summed E-state index contributed by atoms with van der Waals surface area (Å²) in [6.45, 7) is 51.6. The predicted molar refractivity (Wildman–Crippen MR) is 526 cm³/mol. The Labute approximate surface area is 808 Å². The van der Waals surface area contributed by atoms with Crippen molar-refractivity contribution in [1.82, 2.24) is 19.9 Å². The number of hydrogen-bond donors (Lipinski definition) is 0. The number of para-hydroxylation sites is 8. The molecule has 0 amide bonds. The number of benzene rings is 10. The van der Waals surface area contributed by atoms with Crippen molar-refractivity contribution in [2.75, 3.05) is 39.2 Å². The van der Waals surface area contributed by atoms with Crippen LogP contribution in [0, 0.1) is 50.9 Å². The number of anilines is 16. The monoisotopic (exact) mass is 2440 g/mol. The maximum Gasteiger partial charge on any atom is 0.151 e. The minimum atomic E-state index is -2.41. The van der Waals surface area contributed by atoms with Crippen LogP contribution in [0.5, 0.6) is 0 Å². The van der Waals surface area contributed by atoms with Gasteiger partial charge in [0.15, 0.2) is 8.07 Å². The van der Waals surface area contributed by atoms with Gasteiger partial charge in [0.1, 0.15) is 31.3 Å². The average Bonchev–Trinajstić information content (AvgIpc) is 1.12. The Kier molecular flexibility index (Phi) is 31.0. The van der Waals surface area contributed by atoms with E-state index in [1.165, 1.54) is 36.9 Å². The van der Waals surface area contributed by atoms with Crippen molar-refractivity contribution < 1.29 is 80.4 Å². The van der Waals surface area contributed by atoms with Gasteiger partial charge in [0.2, 0.25) is 0 Å². The molecule has 0 saturated heterocycles. The van der Waals surface area contributed by atoms with Gasteiger partial charge in [0.05, 0.1) is 38.9 Å². The van der Waals surface area contributed by atoms with Crippen molar-refractivity contribution in [3.8, 4) is 0 Å². The SMILES string of the molecule is CC(C)(C)[Si](c1ccccc1)(c1ccc2c(n1)N(c1[c-]cccc1)[CH-]N2c1ccccc1)C(C)(C)C.CC(C)(C)[Si](c1ccccc1)(c1cnc2c(c1)N(c1ccccc1)[CH-]N2c1[c-]cccc1)C(C)(C)C.C[Si](C)(C)c1ccnc2c1N(c1ccccc1)[CH-]N2c1[c-]cccc1.C[Si](C)(C)c1cnc2c(c1)N(c1ccccc1)[CH-]N2c1[c-]cccc1.[Ir].[Ir].[Ir].[Ir]. The van der Waals surface area contributed by atoms with Crippen LogP contribution >= 0.6 is 0 Å². The van der Waals surface area contributed by atoms with Crippen LogP contribution in [-0.2, 0) is 80.4 Å². The van der Waals surface area contributed by atoms with E-state index in [0.29, 0.717) is 0 Å². The molecule has 0 saturated carbocycles. The maximum atomic E-state index is 5.56. The van der Waals surface area contributed by atoms with Crippen LogP contribution in [0.15, 0.2) is 328 Å². The standard InChI is InChI=1S/2C32H35N3Si.2C21H21N3Si.4Ir/c1-31(2,3)36(32(4,5)6,27-20-14-9-15-21-27)28-22-29-30(33-23-28)35(26-18-12-8-13-19-26)24-34(29)25-16-10-7-11-17-25;1-31(2,3)36(32(4,5)6,27-20-14-9-15-21-27)29-23-22-28-30(33-29)35(26-18-12-8-13-19-26)24-34(28)25-16-10-7-11-17-25;1-25(2,3)19-14-20-21(22-15-19)24(18-12-8-5-9-13-18)16-23(20)17-10-6-4-7-11-17;1-25(2,3)19-14-15-22-21-20(19)23(17-10-6-4-7-11-17)16-24(21)18-12-8-5-9-13-18;;;;/h2*7-18,20-24H,1-6H3;2*4-12,14-16H,1-3H3;;;;/q4*-2;;;;. The van der Waals surface area contributed by atoms with E-state index < -0.39 is 32.3 Å². The zero-order valence-corrected chi connectivity index (χ0v) is 88.8. The molecule has 14 aromatic rings. The van der Waals surface area contributed by atoms with E-state index in [1.54, 1.807) is 0 Å². The second kappa shape index (κ2) is 40.1. The van der Waals surface area contributed by atoms with Gasteiger partial charge in [-0.3, -0.25) is 0 Å². The van der Waals surface area contributed by atoms with Crippen LogP contribution in [0.25, 0.3) is 0 Å². The van der Waals surface area contributed by atoms with Crippen LogP contribution in [0.3, 0.4) is 0 Å². The summed E-state index contributed by atoms with van der Waals surface area (Å²) >= 11 is 0. The molecular weight excluding hydrogens is 2320 g/mol. The average molecular weight is 2440 g/mol. The van der Waals surface area contributed by atoms with Crippen molar-refractivity contribution in [3.05, 3.63) is 379 Å². The molecule has 126 heavy (non-hydrogen) atoms. The van der Waals surface area contributed by atoms with Crippen LogP contribution in [0.2, 0.25) is 59.4 Å². The summed E-state index contributed by atoms with van der Waals surface area (Å²) < 4.78 is 0. The van der Waals surface area contributed by atoms with E-state index >= 15 is 0 Å². The Morgan fingerprint density at radius 2 is 0.579 bits per heavy atom. The summed E-state index contributed by atoms with van der Waals surface area (Å²) in [5.74, 6) is 3.82. The molecule has 4 aliphatic rings. The number of aromatic nitrogens is 4. The zero-order valence-electron chi connectivity index (χ0n) is 75.2. The molecule has 0 unspecified atom stereocenters. The van der Waals surface area contributed by atoms with Gasteiger partial charge in [0, 0.05) is 127 Å². The van der Waals surface area contributed by atoms with Crippen molar-refractivity contribution in [2.24, 2.45) is 0 Å². The van der Waals surface area contributed by atoms with E-state index in [9.17, 15) is 0 Å². The molecule has 0 aliphatic carbocycles. The second-order valence-corrected chi connectivity index (χ2v) is 59.1. The third-order valence-electron chi connectivity index (χ3n) is 23.7. The summed E-state index contributed by atoms with van der Waals surface area (Å²) in [7, 11) is -7.73. The van der Waals surface area contributed by atoms with Gasteiger partial charge in [-0.1, -0.05) is 266 Å². The first-order valence-electron chi connectivity index (χ1n) is 42.3. The molecule has 0 fully saturated rings. The number of hydrogen-bond acceptors (Lipinski definition) is 12. The van der Waals surface area contributed by atoms with E-state index in [-0.39, 0.29) is 101 Å². The molecule has 4 aliphatic heterocycles. The minimum absolute atomic E-state index is 0. The Morgan fingerprint density at radius 3 is 0.929 bits per heavy atom. The Hall–Kier alpha value is -9.34. The summed E-state index contributed by atoms with van der Waals surface area (Å²) in [6, 6.07) is 121. The van der Waals surface area contributed by atoms with Crippen LogP contribution in [0.4, 0.5) is 91.5 Å². The predicted octanol–water partition coefficient (Wildman–Crippen LogP) is 24.6. The molecule has 4 aromatic heterocycles. The summed E-state index contributed by atoms with van der Waals surface area (Å²) in [4.78, 5) is 37.8. The van der Waals surface area contributed by atoms with E-state index in [2.05, 4.69) is 449 Å². The zero-order chi connectivity index (χ0) is 86.0. The molecule has 12 nitrogen and oxygen atoms in total. The van der Waals surface area contributed by atoms with Crippen LogP contribution in [0.1, 0.15) is 83.1 Å². The molecule has 20 heteroatoms. The number of nitrogens with zero attached hydrogens (tertiary/aromatic N) is 12. The van der Waals surface area contributed by atoms with Crippen LogP contribution < -0.4 is 70.5 Å². The molecule has 0 atom stereocenters. The molecule has 8 heterocycles. The first-order chi connectivity index (χ1) is 58.4. The van der Waals surface area contributed by atoms with Crippen molar-refractivity contribution in [1.29, 1.82) is 0 Å². The summed E-state index contributed by atoms with van der Waals surface area (Å²) in [5.41, 5.74) is 13.0. The molecule has 656 valence electrons. The number of fused-ring (bicyclic) bond motifs is 4. The van der Waals surface area contributed by atoms with E-state index in [0.717, 1.165) is 85.8 Å². The van der Waals surface area contributed by atoms with E-state index in [4.69, 9.17) is 19.9 Å². The Balaban J connectivity index is 0.000000164. The molecule has 4 radical (unpaired) electrons. The molecule has 0 spiro atoms. The van der Waals surface area contributed by atoms with Gasteiger partial charge in [-0.15, -0.1) is 49.4 Å². The fourth-order valence-electron chi connectivity index (χ4n) is 18.9. The second-order valence-electron chi connectivity index (χ2n) is 37.7. The van der Waals surface area contributed by atoms with Gasteiger partial charge in [-0.25, -0.2) is 19.9 Å². The molecule has 10 aromatic carbocycles. The minimum Gasteiger partial charge on any atom is -0.478 e. The number of rotatable bonds is 14. The maximum absolute atomic E-state index is 5.56. The summed E-state index contributed by atoms with van der Waals surface area (Å²) in [5, 5.41) is 8.45. The van der Waals surface area contributed by atoms with Gasteiger partial charge in [0.25, 0.3) is 0 Å². The largest absolute Gasteiger partial charge is 0.478 e. The van der Waals surface area contributed by atoms with Gasteiger partial charge >= 0.3 is 0 Å². The van der Waals surface area contributed by atoms with Crippen molar-refractivity contribution in [3.63, 3.8) is 0 Å². The molecule has 18 rings (SSSR count). The van der Waals surface area contributed by atoms with Crippen molar-refractivity contribution >= 4 is 155 Å². The van der Waals surface area contributed by atoms with Gasteiger partial charge in [-0.05, 0) is 115 Å². The van der Waals surface area contributed by atoms with Gasteiger partial charge < -0.3 is 39.2 Å². The smallest absolute Gasteiger partial charge is 0.151 e. The molecular formula is C106H112Ir4N12Si4-8. The first-order valence-corrected chi connectivity index (χ1v) is 53.3. The summed E-state index contributed by atoms with van der Waals surface area (Å²) in [6.07, 6.45) is 6.14. The fraction of sp³-hybridized carbons (Fsp3) is 0.208. The molecule has 0 N–H and O–H groups in total. The van der Waals surface area contributed by atoms with Crippen molar-refractivity contribution in [2.45, 2.75) is 143 Å².